The van der Waals surface area contributed by atoms with Crippen LogP contribution in [0.2, 0.25) is 0 Å². The zero-order valence-corrected chi connectivity index (χ0v) is 14.9. The third-order valence-corrected chi connectivity index (χ3v) is 5.48. The number of aromatic nitrogens is 1. The molecule has 1 amide bonds. The van der Waals surface area contributed by atoms with Gasteiger partial charge in [-0.15, -0.1) is 23.1 Å². The largest absolute Gasteiger partial charge is 0.481 e. The fraction of sp³-hybridized carbons (Fsp3) is 0.412. The van der Waals surface area contributed by atoms with Crippen LogP contribution in [0.5, 0.6) is 5.75 Å². The molecule has 0 bridgehead atoms. The Bertz CT molecular complexity index is 665. The maximum Gasteiger partial charge on any atom is 0.261 e. The van der Waals surface area contributed by atoms with Gasteiger partial charge in [-0.25, -0.2) is 4.98 Å². The van der Waals surface area contributed by atoms with Gasteiger partial charge in [-0.2, -0.15) is 0 Å². The summed E-state index contributed by atoms with van der Waals surface area (Å²) in [5.74, 6) is 1.24. The molecular weight excluding hydrogens is 328 g/mol. The number of carbonyl (C=O) groups is 1. The highest BCUT2D eigenvalue weighted by Crippen LogP contribution is 2.41. The minimum absolute atomic E-state index is 0.125. The van der Waals surface area contributed by atoms with E-state index in [1.54, 1.807) is 30.0 Å². The van der Waals surface area contributed by atoms with Gasteiger partial charge in [0, 0.05) is 16.2 Å². The molecule has 122 valence electrons. The predicted octanol–water partition coefficient (Wildman–Crippen LogP) is 3.83. The topological polar surface area (TPSA) is 51.2 Å². The highest BCUT2D eigenvalue weighted by Gasteiger charge is 2.26. The molecule has 2 aromatic rings. The fourth-order valence-corrected chi connectivity index (χ4v) is 3.55. The molecule has 23 heavy (non-hydrogen) atoms. The molecule has 6 heteroatoms. The van der Waals surface area contributed by atoms with Crippen LogP contribution in [0.3, 0.4) is 0 Å². The summed E-state index contributed by atoms with van der Waals surface area (Å²) >= 11 is 3.37. The number of carbonyl (C=O) groups excluding carboxylic acids is 1. The SMILES string of the molecule is CSc1ccc(O[C@@H](C)C(=O)NCc2csc(C3CC3)n2)cc1. The summed E-state index contributed by atoms with van der Waals surface area (Å²) in [7, 11) is 0. The van der Waals surface area contributed by atoms with Crippen molar-refractivity contribution < 1.29 is 9.53 Å². The zero-order chi connectivity index (χ0) is 16.2. The minimum atomic E-state index is -0.531. The van der Waals surface area contributed by atoms with Gasteiger partial charge < -0.3 is 10.1 Å². The van der Waals surface area contributed by atoms with Gasteiger partial charge in [-0.3, -0.25) is 4.79 Å². The number of rotatable bonds is 7. The monoisotopic (exact) mass is 348 g/mol. The second-order valence-corrected chi connectivity index (χ2v) is 7.37. The van der Waals surface area contributed by atoms with Gasteiger partial charge in [0.25, 0.3) is 5.91 Å². The first-order valence-electron chi connectivity index (χ1n) is 7.68. The fourth-order valence-electron chi connectivity index (χ4n) is 2.15. The third kappa shape index (κ3) is 4.48. The zero-order valence-electron chi connectivity index (χ0n) is 13.2. The highest BCUT2D eigenvalue weighted by molar-refractivity contribution is 7.98. The molecule has 4 nitrogen and oxygen atoms in total. The molecular formula is C17H20N2O2S2. The molecule has 0 aliphatic heterocycles. The van der Waals surface area contributed by atoms with E-state index in [2.05, 4.69) is 10.3 Å². The quantitative estimate of drug-likeness (QED) is 0.773. The van der Waals surface area contributed by atoms with Crippen LogP contribution in [0.4, 0.5) is 0 Å². The number of ether oxygens (including phenoxy) is 1. The molecule has 1 aliphatic rings. The van der Waals surface area contributed by atoms with Crippen LogP contribution in [0.25, 0.3) is 0 Å². The number of hydrogen-bond donors (Lipinski definition) is 1. The van der Waals surface area contributed by atoms with Crippen LogP contribution in [0.15, 0.2) is 34.5 Å². The van der Waals surface area contributed by atoms with Crippen molar-refractivity contribution in [3.63, 3.8) is 0 Å². The summed E-state index contributed by atoms with van der Waals surface area (Å²) in [5.41, 5.74) is 0.932. The number of amides is 1. The second-order valence-electron chi connectivity index (χ2n) is 5.60. The van der Waals surface area contributed by atoms with Crippen molar-refractivity contribution in [1.82, 2.24) is 10.3 Å². The van der Waals surface area contributed by atoms with E-state index >= 15 is 0 Å². The van der Waals surface area contributed by atoms with Gasteiger partial charge in [0.1, 0.15) is 5.75 Å². The Morgan fingerprint density at radius 2 is 2.17 bits per heavy atom. The van der Waals surface area contributed by atoms with Gasteiger partial charge in [-0.05, 0) is 50.3 Å². The van der Waals surface area contributed by atoms with E-state index in [0.29, 0.717) is 18.2 Å². The molecule has 1 fully saturated rings. The molecule has 1 N–H and O–H groups in total. The molecule has 1 aromatic heterocycles. The minimum Gasteiger partial charge on any atom is -0.481 e. The van der Waals surface area contributed by atoms with Crippen molar-refractivity contribution in [1.29, 1.82) is 0 Å². The van der Waals surface area contributed by atoms with E-state index in [1.165, 1.54) is 22.7 Å². The molecule has 0 saturated heterocycles. The molecule has 1 atom stereocenters. The van der Waals surface area contributed by atoms with Gasteiger partial charge in [-0.1, -0.05) is 0 Å². The van der Waals surface area contributed by atoms with Crippen molar-refractivity contribution in [3.8, 4) is 5.75 Å². The first-order chi connectivity index (χ1) is 11.2. The first-order valence-corrected chi connectivity index (χ1v) is 9.79. The van der Waals surface area contributed by atoms with Crippen molar-refractivity contribution >= 4 is 29.0 Å². The summed E-state index contributed by atoms with van der Waals surface area (Å²) in [6, 6.07) is 7.74. The first kappa shape index (κ1) is 16.3. The Balaban J connectivity index is 1.48. The van der Waals surface area contributed by atoms with Crippen LogP contribution in [-0.4, -0.2) is 23.3 Å². The smallest absolute Gasteiger partial charge is 0.261 e. The second kappa shape index (κ2) is 7.36. The van der Waals surface area contributed by atoms with Crippen molar-refractivity contribution in [3.05, 3.63) is 40.3 Å². The third-order valence-electron chi connectivity index (χ3n) is 3.68. The Morgan fingerprint density at radius 3 is 2.83 bits per heavy atom. The Kier molecular flexibility index (Phi) is 5.23. The van der Waals surface area contributed by atoms with Crippen LogP contribution in [-0.2, 0) is 11.3 Å². The molecule has 1 aromatic carbocycles. The lowest BCUT2D eigenvalue weighted by molar-refractivity contribution is -0.127. The van der Waals surface area contributed by atoms with Crippen LogP contribution in [0.1, 0.15) is 36.4 Å². The molecule has 3 rings (SSSR count). The van der Waals surface area contributed by atoms with E-state index in [0.717, 1.165) is 5.69 Å². The Morgan fingerprint density at radius 1 is 1.43 bits per heavy atom. The van der Waals surface area contributed by atoms with Gasteiger partial charge in [0.15, 0.2) is 6.10 Å². The predicted molar refractivity (Wildman–Crippen MR) is 94.2 cm³/mol. The summed E-state index contributed by atoms with van der Waals surface area (Å²) in [4.78, 5) is 17.9. The van der Waals surface area contributed by atoms with E-state index < -0.39 is 6.10 Å². The van der Waals surface area contributed by atoms with E-state index in [9.17, 15) is 4.79 Å². The number of hydrogen-bond acceptors (Lipinski definition) is 5. The van der Waals surface area contributed by atoms with Crippen molar-refractivity contribution in [2.45, 2.75) is 43.2 Å². The number of nitrogens with one attached hydrogen (secondary N) is 1. The lowest BCUT2D eigenvalue weighted by Gasteiger charge is -2.14. The summed E-state index contributed by atoms with van der Waals surface area (Å²) in [6.45, 7) is 2.22. The number of benzene rings is 1. The van der Waals surface area contributed by atoms with E-state index in [4.69, 9.17) is 4.74 Å². The van der Waals surface area contributed by atoms with Gasteiger partial charge in [0.05, 0.1) is 17.2 Å². The number of thioether (sulfide) groups is 1. The number of nitrogens with zero attached hydrogens (tertiary/aromatic N) is 1. The summed E-state index contributed by atoms with van der Waals surface area (Å²) in [6.07, 6.45) is 4.00. The average molecular weight is 348 g/mol. The molecule has 0 unspecified atom stereocenters. The normalized spacial score (nSPS) is 15.2. The maximum absolute atomic E-state index is 12.1. The maximum atomic E-state index is 12.1. The Labute approximate surface area is 144 Å². The van der Waals surface area contributed by atoms with E-state index in [-0.39, 0.29) is 5.91 Å². The summed E-state index contributed by atoms with van der Waals surface area (Å²) < 4.78 is 5.68. The molecule has 0 radical (unpaired) electrons. The lowest BCUT2D eigenvalue weighted by Crippen LogP contribution is -2.35. The highest BCUT2D eigenvalue weighted by atomic mass is 32.2. The van der Waals surface area contributed by atoms with E-state index in [1.807, 2.05) is 35.9 Å². The summed E-state index contributed by atoms with van der Waals surface area (Å²) in [5, 5.41) is 6.12. The molecule has 0 spiro atoms. The average Bonchev–Trinajstić information content (AvgIpc) is 3.32. The van der Waals surface area contributed by atoms with Crippen LogP contribution >= 0.6 is 23.1 Å². The number of thiazole rings is 1. The van der Waals surface area contributed by atoms with Crippen molar-refractivity contribution in [2.24, 2.45) is 0 Å². The lowest BCUT2D eigenvalue weighted by atomic mass is 10.3. The van der Waals surface area contributed by atoms with Crippen LogP contribution in [0, 0.1) is 0 Å². The molecule has 1 heterocycles. The van der Waals surface area contributed by atoms with Crippen LogP contribution < -0.4 is 10.1 Å². The van der Waals surface area contributed by atoms with Gasteiger partial charge in [0.2, 0.25) is 0 Å². The molecule has 1 saturated carbocycles. The standard InChI is InChI=1S/C17H20N2O2S2/c1-11(21-14-5-7-15(22-2)8-6-14)16(20)18-9-13-10-23-17(19-13)12-3-4-12/h5-8,10-12H,3-4,9H2,1-2H3,(H,18,20)/t11-/m0/s1. The molecule has 1 aliphatic carbocycles. The van der Waals surface area contributed by atoms with Gasteiger partial charge >= 0.3 is 0 Å². The Hall–Kier alpha value is -1.53. The van der Waals surface area contributed by atoms with Crippen molar-refractivity contribution in [2.75, 3.05) is 6.26 Å².